The number of alkyl halides is 3. The molecule has 1 aliphatic rings. The van der Waals surface area contributed by atoms with Crippen LogP contribution in [-0.4, -0.2) is 5.11 Å². The molecule has 0 aliphatic heterocycles. The van der Waals surface area contributed by atoms with Crippen LogP contribution in [0.25, 0.3) is 5.57 Å². The van der Waals surface area contributed by atoms with Gasteiger partial charge in [-0.2, -0.15) is 13.2 Å². The first-order chi connectivity index (χ1) is 8.73. The van der Waals surface area contributed by atoms with Gasteiger partial charge in [-0.3, -0.25) is 0 Å². The maximum atomic E-state index is 12.8. The topological polar surface area (TPSA) is 20.2 Å². The minimum atomic E-state index is -4.38. The van der Waals surface area contributed by atoms with Crippen molar-refractivity contribution < 1.29 is 18.3 Å². The highest BCUT2D eigenvalue weighted by atomic mass is 19.4. The zero-order valence-electron chi connectivity index (χ0n) is 11.2. The number of hydrogen-bond acceptors (Lipinski definition) is 1. The fraction of sp³-hybridized carbons (Fsp3) is 0.467. The highest BCUT2D eigenvalue weighted by Gasteiger charge is 2.40. The van der Waals surface area contributed by atoms with Gasteiger partial charge in [0.05, 0.1) is 5.56 Å². The van der Waals surface area contributed by atoms with Crippen LogP contribution >= 0.6 is 0 Å². The van der Waals surface area contributed by atoms with E-state index in [2.05, 4.69) is 0 Å². The average Bonchev–Trinajstić information content (AvgIpc) is 2.55. The standard InChI is InChI=1S/C15H17F3O/c1-4-10-11-7-6-9(15(16,17)18)8-13(11)14(3,19)12(10)5-2/h6-8,19H,4-5H2,1-3H3. The number of aliphatic hydroxyl groups is 1. The van der Waals surface area contributed by atoms with Crippen molar-refractivity contribution in [3.8, 4) is 0 Å². The molecule has 4 heteroatoms. The molecule has 0 bridgehead atoms. The molecular weight excluding hydrogens is 253 g/mol. The third-order valence-electron chi connectivity index (χ3n) is 3.86. The molecule has 0 aromatic heterocycles. The van der Waals surface area contributed by atoms with E-state index < -0.39 is 17.3 Å². The third kappa shape index (κ3) is 2.08. The second-order valence-corrected chi connectivity index (χ2v) is 4.99. The first kappa shape index (κ1) is 14.1. The largest absolute Gasteiger partial charge is 0.416 e. The van der Waals surface area contributed by atoms with Crippen molar-refractivity contribution in [3.05, 3.63) is 40.5 Å². The number of benzene rings is 1. The Morgan fingerprint density at radius 1 is 1.16 bits per heavy atom. The van der Waals surface area contributed by atoms with Crippen LogP contribution in [0.5, 0.6) is 0 Å². The summed E-state index contributed by atoms with van der Waals surface area (Å²) in [6.07, 6.45) is -3.05. The molecule has 1 unspecified atom stereocenters. The second-order valence-electron chi connectivity index (χ2n) is 4.99. The van der Waals surface area contributed by atoms with Crippen molar-refractivity contribution in [3.63, 3.8) is 0 Å². The molecule has 0 saturated heterocycles. The van der Waals surface area contributed by atoms with E-state index in [-0.39, 0.29) is 0 Å². The number of allylic oxidation sites excluding steroid dienone is 1. The van der Waals surface area contributed by atoms with E-state index in [1.807, 2.05) is 13.8 Å². The SMILES string of the molecule is CCC1=C(CC)C(C)(O)c2cc(C(F)(F)F)ccc21. The molecule has 19 heavy (non-hydrogen) atoms. The van der Waals surface area contributed by atoms with Crippen LogP contribution in [0.15, 0.2) is 23.8 Å². The van der Waals surface area contributed by atoms with Gasteiger partial charge in [-0.05, 0) is 54.2 Å². The molecule has 0 amide bonds. The summed E-state index contributed by atoms with van der Waals surface area (Å²) in [4.78, 5) is 0. The van der Waals surface area contributed by atoms with Crippen LogP contribution < -0.4 is 0 Å². The smallest absolute Gasteiger partial charge is 0.381 e. The highest BCUT2D eigenvalue weighted by molar-refractivity contribution is 5.79. The molecule has 0 saturated carbocycles. The van der Waals surface area contributed by atoms with Gasteiger partial charge in [-0.25, -0.2) is 0 Å². The first-order valence-electron chi connectivity index (χ1n) is 6.40. The van der Waals surface area contributed by atoms with Crippen LogP contribution in [0.4, 0.5) is 13.2 Å². The highest BCUT2D eigenvalue weighted by Crippen LogP contribution is 2.48. The summed E-state index contributed by atoms with van der Waals surface area (Å²) in [7, 11) is 0. The van der Waals surface area contributed by atoms with Gasteiger partial charge in [0.25, 0.3) is 0 Å². The Kier molecular flexibility index (Phi) is 3.25. The third-order valence-corrected chi connectivity index (χ3v) is 3.86. The van der Waals surface area contributed by atoms with Gasteiger partial charge >= 0.3 is 6.18 Å². The number of halogens is 3. The summed E-state index contributed by atoms with van der Waals surface area (Å²) < 4.78 is 38.3. The lowest BCUT2D eigenvalue weighted by atomic mass is 9.90. The monoisotopic (exact) mass is 270 g/mol. The Morgan fingerprint density at radius 3 is 2.26 bits per heavy atom. The van der Waals surface area contributed by atoms with E-state index in [1.165, 1.54) is 6.07 Å². The Balaban J connectivity index is 2.64. The lowest BCUT2D eigenvalue weighted by Gasteiger charge is -2.23. The minimum absolute atomic E-state index is 0.371. The lowest BCUT2D eigenvalue weighted by molar-refractivity contribution is -0.137. The summed E-state index contributed by atoms with van der Waals surface area (Å²) in [6, 6.07) is 3.64. The molecule has 1 nitrogen and oxygen atoms in total. The zero-order chi connectivity index (χ0) is 14.4. The molecule has 104 valence electrons. The molecule has 1 aromatic carbocycles. The fourth-order valence-electron chi connectivity index (χ4n) is 2.97. The van der Waals surface area contributed by atoms with Crippen LogP contribution in [0.3, 0.4) is 0 Å². The van der Waals surface area contributed by atoms with Gasteiger partial charge in [-0.15, -0.1) is 0 Å². The van der Waals surface area contributed by atoms with Crippen molar-refractivity contribution >= 4 is 5.57 Å². The summed E-state index contributed by atoms with van der Waals surface area (Å²) in [6.45, 7) is 5.44. The normalized spacial score (nSPS) is 22.9. The summed E-state index contributed by atoms with van der Waals surface area (Å²) in [5.41, 5.74) is 0.907. The minimum Gasteiger partial charge on any atom is -0.381 e. The van der Waals surface area contributed by atoms with Crippen molar-refractivity contribution in [1.29, 1.82) is 0 Å². The zero-order valence-corrected chi connectivity index (χ0v) is 11.2. The van der Waals surface area contributed by atoms with E-state index >= 15 is 0 Å². The lowest BCUT2D eigenvalue weighted by Crippen LogP contribution is -2.21. The Bertz CT molecular complexity index is 539. The van der Waals surface area contributed by atoms with Crippen LogP contribution in [0.1, 0.15) is 50.3 Å². The Hall–Kier alpha value is -1.29. The summed E-state index contributed by atoms with van der Waals surface area (Å²) in [5.74, 6) is 0. The molecule has 0 spiro atoms. The van der Waals surface area contributed by atoms with Gasteiger partial charge in [0.1, 0.15) is 5.60 Å². The maximum absolute atomic E-state index is 12.8. The van der Waals surface area contributed by atoms with Gasteiger partial charge in [0.2, 0.25) is 0 Å². The van der Waals surface area contributed by atoms with E-state index in [0.717, 1.165) is 28.8 Å². The molecule has 1 aromatic rings. The van der Waals surface area contributed by atoms with Gasteiger partial charge < -0.3 is 5.11 Å². The van der Waals surface area contributed by atoms with Crippen molar-refractivity contribution in [2.75, 3.05) is 0 Å². The van der Waals surface area contributed by atoms with Crippen molar-refractivity contribution in [2.24, 2.45) is 0 Å². The summed E-state index contributed by atoms with van der Waals surface area (Å²) in [5, 5.41) is 10.6. The average molecular weight is 270 g/mol. The van der Waals surface area contributed by atoms with Crippen molar-refractivity contribution in [1.82, 2.24) is 0 Å². The predicted octanol–water partition coefficient (Wildman–Crippen LogP) is 4.50. The van der Waals surface area contributed by atoms with Gasteiger partial charge in [0, 0.05) is 0 Å². The quantitative estimate of drug-likeness (QED) is 0.838. The van der Waals surface area contributed by atoms with Gasteiger partial charge in [-0.1, -0.05) is 19.9 Å². The molecular formula is C15H17F3O. The maximum Gasteiger partial charge on any atom is 0.416 e. The molecule has 0 heterocycles. The van der Waals surface area contributed by atoms with Crippen molar-refractivity contribution in [2.45, 2.75) is 45.4 Å². The molecule has 0 fully saturated rings. The first-order valence-corrected chi connectivity index (χ1v) is 6.40. The number of rotatable bonds is 2. The van der Waals surface area contributed by atoms with E-state index in [9.17, 15) is 18.3 Å². The molecule has 1 atom stereocenters. The van der Waals surface area contributed by atoms with Gasteiger partial charge in [0.15, 0.2) is 0 Å². The Morgan fingerprint density at radius 2 is 1.79 bits per heavy atom. The second kappa shape index (κ2) is 4.37. The molecule has 1 aliphatic carbocycles. The molecule has 1 N–H and O–H groups in total. The predicted molar refractivity (Wildman–Crippen MR) is 68.5 cm³/mol. The number of hydrogen-bond donors (Lipinski definition) is 1. The summed E-state index contributed by atoms with van der Waals surface area (Å²) >= 11 is 0. The van der Waals surface area contributed by atoms with E-state index in [1.54, 1.807) is 6.92 Å². The number of fused-ring (bicyclic) bond motifs is 1. The van der Waals surface area contributed by atoms with Crippen LogP contribution in [0, 0.1) is 0 Å². The molecule has 0 radical (unpaired) electrons. The van der Waals surface area contributed by atoms with Crippen LogP contribution in [0.2, 0.25) is 0 Å². The Labute approximate surface area is 110 Å². The molecule has 2 rings (SSSR count). The fourth-order valence-corrected chi connectivity index (χ4v) is 2.97. The van der Waals surface area contributed by atoms with E-state index in [4.69, 9.17) is 0 Å². The van der Waals surface area contributed by atoms with E-state index in [0.29, 0.717) is 18.4 Å². The van der Waals surface area contributed by atoms with Crippen LogP contribution in [-0.2, 0) is 11.8 Å².